The van der Waals surface area contributed by atoms with Crippen molar-refractivity contribution in [1.82, 2.24) is 0 Å². The molecule has 2 aromatic carbocycles. The minimum absolute atomic E-state index is 0.172. The molecule has 0 saturated heterocycles. The van der Waals surface area contributed by atoms with Crippen LogP contribution in [0.1, 0.15) is 13.3 Å². The van der Waals surface area contributed by atoms with Gasteiger partial charge in [-0.2, -0.15) is 0 Å². The Hall–Kier alpha value is -1.54. The second-order valence-electron chi connectivity index (χ2n) is 4.01. The van der Waals surface area contributed by atoms with Crippen molar-refractivity contribution >= 4 is 10.8 Å². The van der Waals surface area contributed by atoms with Crippen molar-refractivity contribution in [2.45, 2.75) is 19.4 Å². The zero-order valence-corrected chi connectivity index (χ0v) is 9.52. The summed E-state index contributed by atoms with van der Waals surface area (Å²) in [4.78, 5) is 0. The summed E-state index contributed by atoms with van der Waals surface area (Å²) in [6.07, 6.45) is 1.05. The van der Waals surface area contributed by atoms with Gasteiger partial charge in [-0.05, 0) is 42.8 Å². The SMILES string of the molecule is CC(CCN)Oc1ccc2ccccc2c1. The number of benzene rings is 2. The Kier molecular flexibility index (Phi) is 3.42. The number of fused-ring (bicyclic) bond motifs is 1. The molecule has 0 fully saturated rings. The molecule has 0 aromatic heterocycles. The molecule has 0 aliphatic rings. The Labute approximate surface area is 96.0 Å². The smallest absolute Gasteiger partial charge is 0.120 e. The number of nitrogens with two attached hydrogens (primary N) is 1. The van der Waals surface area contributed by atoms with E-state index in [9.17, 15) is 0 Å². The van der Waals surface area contributed by atoms with Gasteiger partial charge in [0.15, 0.2) is 0 Å². The maximum absolute atomic E-state index is 5.78. The van der Waals surface area contributed by atoms with Crippen LogP contribution >= 0.6 is 0 Å². The van der Waals surface area contributed by atoms with Crippen molar-refractivity contribution in [2.24, 2.45) is 5.73 Å². The third kappa shape index (κ3) is 2.52. The van der Waals surface area contributed by atoms with Gasteiger partial charge in [-0.3, -0.25) is 0 Å². The molecule has 0 bridgehead atoms. The fourth-order valence-electron chi connectivity index (χ4n) is 1.77. The van der Waals surface area contributed by atoms with E-state index in [1.54, 1.807) is 0 Å². The van der Waals surface area contributed by atoms with Gasteiger partial charge in [0.25, 0.3) is 0 Å². The van der Waals surface area contributed by atoms with Crippen LogP contribution in [0.2, 0.25) is 0 Å². The predicted molar refractivity (Wildman–Crippen MR) is 67.7 cm³/mol. The van der Waals surface area contributed by atoms with Gasteiger partial charge >= 0.3 is 0 Å². The normalized spacial score (nSPS) is 12.6. The lowest BCUT2D eigenvalue weighted by molar-refractivity contribution is 0.214. The van der Waals surface area contributed by atoms with Crippen LogP contribution in [0.4, 0.5) is 0 Å². The number of rotatable bonds is 4. The molecule has 0 aliphatic carbocycles. The molecule has 16 heavy (non-hydrogen) atoms. The number of ether oxygens (including phenoxy) is 1. The first kappa shape index (κ1) is 11.0. The van der Waals surface area contributed by atoms with Gasteiger partial charge in [0.2, 0.25) is 0 Å². The van der Waals surface area contributed by atoms with Gasteiger partial charge in [-0.15, -0.1) is 0 Å². The van der Waals surface area contributed by atoms with E-state index < -0.39 is 0 Å². The second kappa shape index (κ2) is 4.99. The van der Waals surface area contributed by atoms with E-state index in [1.807, 2.05) is 25.1 Å². The third-order valence-electron chi connectivity index (χ3n) is 2.63. The molecule has 1 atom stereocenters. The summed E-state index contributed by atoms with van der Waals surface area (Å²) in [5.74, 6) is 0.916. The lowest BCUT2D eigenvalue weighted by Gasteiger charge is -2.14. The molecule has 0 amide bonds. The summed E-state index contributed by atoms with van der Waals surface area (Å²) in [6.45, 7) is 2.71. The maximum atomic E-state index is 5.78. The van der Waals surface area contributed by atoms with Crippen molar-refractivity contribution < 1.29 is 4.74 Å². The molecule has 2 nitrogen and oxygen atoms in total. The first-order chi connectivity index (χ1) is 7.79. The van der Waals surface area contributed by atoms with Crippen LogP contribution in [0.25, 0.3) is 10.8 Å². The molecule has 1 unspecified atom stereocenters. The van der Waals surface area contributed by atoms with E-state index in [0.717, 1.165) is 12.2 Å². The van der Waals surface area contributed by atoms with Gasteiger partial charge in [0.1, 0.15) is 5.75 Å². The summed E-state index contributed by atoms with van der Waals surface area (Å²) in [5.41, 5.74) is 5.49. The standard InChI is InChI=1S/C14H17NO/c1-11(8-9-15)16-14-7-6-12-4-2-3-5-13(12)10-14/h2-7,10-11H,8-9,15H2,1H3. The summed E-state index contributed by atoms with van der Waals surface area (Å²) >= 11 is 0. The fraction of sp³-hybridized carbons (Fsp3) is 0.286. The van der Waals surface area contributed by atoms with E-state index in [0.29, 0.717) is 6.54 Å². The summed E-state index contributed by atoms with van der Waals surface area (Å²) in [7, 11) is 0. The molecule has 0 radical (unpaired) electrons. The van der Waals surface area contributed by atoms with Crippen molar-refractivity contribution in [3.05, 3.63) is 42.5 Å². The molecular formula is C14H17NO. The van der Waals surface area contributed by atoms with Gasteiger partial charge in [-0.25, -0.2) is 0 Å². The first-order valence-electron chi connectivity index (χ1n) is 5.65. The second-order valence-corrected chi connectivity index (χ2v) is 4.01. The van der Waals surface area contributed by atoms with Crippen LogP contribution in [0.15, 0.2) is 42.5 Å². The average molecular weight is 215 g/mol. The van der Waals surface area contributed by atoms with Crippen LogP contribution in [-0.2, 0) is 0 Å². The van der Waals surface area contributed by atoms with Crippen molar-refractivity contribution in [1.29, 1.82) is 0 Å². The Bertz CT molecular complexity index is 467. The Morgan fingerprint density at radius 3 is 2.62 bits per heavy atom. The van der Waals surface area contributed by atoms with Gasteiger partial charge in [0, 0.05) is 0 Å². The van der Waals surface area contributed by atoms with Crippen LogP contribution in [-0.4, -0.2) is 12.6 Å². The quantitative estimate of drug-likeness (QED) is 0.851. The Morgan fingerprint density at radius 2 is 1.88 bits per heavy atom. The third-order valence-corrected chi connectivity index (χ3v) is 2.63. The van der Waals surface area contributed by atoms with E-state index in [4.69, 9.17) is 10.5 Å². The van der Waals surface area contributed by atoms with Gasteiger partial charge in [0.05, 0.1) is 6.10 Å². The van der Waals surface area contributed by atoms with Crippen molar-refractivity contribution in [3.8, 4) is 5.75 Å². The molecule has 2 rings (SSSR count). The van der Waals surface area contributed by atoms with E-state index in [1.165, 1.54) is 10.8 Å². The number of hydrogen-bond donors (Lipinski definition) is 1. The topological polar surface area (TPSA) is 35.2 Å². The molecular weight excluding hydrogens is 198 g/mol. The van der Waals surface area contributed by atoms with E-state index in [-0.39, 0.29) is 6.10 Å². The summed E-state index contributed by atoms with van der Waals surface area (Å²) in [6, 6.07) is 14.4. The molecule has 0 saturated carbocycles. The van der Waals surface area contributed by atoms with E-state index in [2.05, 4.69) is 24.3 Å². The first-order valence-corrected chi connectivity index (χ1v) is 5.65. The summed E-state index contributed by atoms with van der Waals surface area (Å²) in [5, 5.41) is 2.45. The minimum Gasteiger partial charge on any atom is -0.491 e. The zero-order chi connectivity index (χ0) is 11.4. The highest BCUT2D eigenvalue weighted by molar-refractivity contribution is 5.83. The summed E-state index contributed by atoms with van der Waals surface area (Å²) < 4.78 is 5.78. The predicted octanol–water partition coefficient (Wildman–Crippen LogP) is 2.96. The maximum Gasteiger partial charge on any atom is 0.120 e. The van der Waals surface area contributed by atoms with Crippen LogP contribution in [0.5, 0.6) is 5.75 Å². The van der Waals surface area contributed by atoms with Gasteiger partial charge < -0.3 is 10.5 Å². The molecule has 0 aliphatic heterocycles. The Balaban J connectivity index is 2.19. The van der Waals surface area contributed by atoms with Crippen molar-refractivity contribution in [2.75, 3.05) is 6.54 Å². The number of hydrogen-bond acceptors (Lipinski definition) is 2. The van der Waals surface area contributed by atoms with Crippen LogP contribution < -0.4 is 10.5 Å². The lowest BCUT2D eigenvalue weighted by Crippen LogP contribution is -2.16. The van der Waals surface area contributed by atoms with Crippen LogP contribution in [0, 0.1) is 0 Å². The largest absolute Gasteiger partial charge is 0.491 e. The Morgan fingerprint density at radius 1 is 1.12 bits per heavy atom. The molecule has 0 heterocycles. The van der Waals surface area contributed by atoms with Crippen LogP contribution in [0.3, 0.4) is 0 Å². The fourth-order valence-corrected chi connectivity index (χ4v) is 1.77. The van der Waals surface area contributed by atoms with Gasteiger partial charge in [-0.1, -0.05) is 30.3 Å². The highest BCUT2D eigenvalue weighted by Crippen LogP contribution is 2.21. The highest BCUT2D eigenvalue weighted by atomic mass is 16.5. The zero-order valence-electron chi connectivity index (χ0n) is 9.52. The molecule has 84 valence electrons. The highest BCUT2D eigenvalue weighted by Gasteiger charge is 2.03. The molecule has 2 aromatic rings. The lowest BCUT2D eigenvalue weighted by atomic mass is 10.1. The average Bonchev–Trinajstić information content (AvgIpc) is 2.29. The molecule has 0 spiro atoms. The molecule has 2 heteroatoms. The monoisotopic (exact) mass is 215 g/mol. The van der Waals surface area contributed by atoms with Crippen molar-refractivity contribution in [3.63, 3.8) is 0 Å². The minimum atomic E-state index is 0.172. The van der Waals surface area contributed by atoms with E-state index >= 15 is 0 Å². The molecule has 2 N–H and O–H groups in total.